The van der Waals surface area contributed by atoms with E-state index in [2.05, 4.69) is 12.2 Å². The van der Waals surface area contributed by atoms with Gasteiger partial charge >= 0.3 is 5.97 Å². The van der Waals surface area contributed by atoms with E-state index in [1.807, 2.05) is 37.3 Å². The van der Waals surface area contributed by atoms with Crippen LogP contribution in [0.15, 0.2) is 30.3 Å². The summed E-state index contributed by atoms with van der Waals surface area (Å²) in [7, 11) is 1.44. The number of likely N-dealkylation sites (N-methyl/N-ethyl adjacent to an activating group) is 1. The maximum Gasteiger partial charge on any atom is 0.330 e. The maximum absolute atomic E-state index is 12.1. The minimum Gasteiger partial charge on any atom is -0.467 e. The third-order valence-electron chi connectivity index (χ3n) is 2.90. The zero-order chi connectivity index (χ0) is 12.7. The molecule has 3 nitrogen and oxygen atoms in total. The summed E-state index contributed by atoms with van der Waals surface area (Å²) in [4.78, 5) is 12.1. The van der Waals surface area contributed by atoms with Crippen molar-refractivity contribution in [2.75, 3.05) is 13.7 Å². The van der Waals surface area contributed by atoms with Gasteiger partial charge in [0.15, 0.2) is 0 Å². The van der Waals surface area contributed by atoms with Crippen LogP contribution in [0.25, 0.3) is 0 Å². The van der Waals surface area contributed by atoms with Crippen molar-refractivity contribution in [1.29, 1.82) is 0 Å². The van der Waals surface area contributed by atoms with E-state index in [9.17, 15) is 4.79 Å². The standard InChI is InChI=1S/C14H21NO2/c1-4-11-14(15-5-2,13(16)17-3)12-9-7-6-8-10-12/h6-10,15H,4-5,11H2,1-3H3. The van der Waals surface area contributed by atoms with Crippen LogP contribution in [0.3, 0.4) is 0 Å². The van der Waals surface area contributed by atoms with Gasteiger partial charge in [-0.25, -0.2) is 4.79 Å². The van der Waals surface area contributed by atoms with Crippen LogP contribution in [0.4, 0.5) is 0 Å². The Bertz CT molecular complexity index is 342. The molecule has 0 radical (unpaired) electrons. The van der Waals surface area contributed by atoms with Crippen molar-refractivity contribution < 1.29 is 9.53 Å². The lowest BCUT2D eigenvalue weighted by Crippen LogP contribution is -2.49. The summed E-state index contributed by atoms with van der Waals surface area (Å²) in [6.07, 6.45) is 1.65. The smallest absolute Gasteiger partial charge is 0.330 e. The molecule has 0 spiro atoms. The lowest BCUT2D eigenvalue weighted by molar-refractivity contribution is -0.149. The van der Waals surface area contributed by atoms with Crippen molar-refractivity contribution in [3.05, 3.63) is 35.9 Å². The molecule has 0 aromatic heterocycles. The number of hydrogen-bond donors (Lipinski definition) is 1. The van der Waals surface area contributed by atoms with Gasteiger partial charge in [0.1, 0.15) is 5.54 Å². The van der Waals surface area contributed by atoms with E-state index in [-0.39, 0.29) is 5.97 Å². The molecule has 0 bridgehead atoms. The highest BCUT2D eigenvalue weighted by Crippen LogP contribution is 2.28. The molecule has 0 heterocycles. The van der Waals surface area contributed by atoms with Crippen LogP contribution in [0, 0.1) is 0 Å². The second kappa shape index (κ2) is 6.40. The van der Waals surface area contributed by atoms with Crippen molar-refractivity contribution in [1.82, 2.24) is 5.32 Å². The average Bonchev–Trinajstić information content (AvgIpc) is 2.38. The molecule has 1 unspecified atom stereocenters. The molecule has 17 heavy (non-hydrogen) atoms. The Morgan fingerprint density at radius 1 is 1.29 bits per heavy atom. The molecule has 1 N–H and O–H groups in total. The Hall–Kier alpha value is -1.35. The molecule has 0 saturated carbocycles. The van der Waals surface area contributed by atoms with Gasteiger partial charge in [0.05, 0.1) is 7.11 Å². The quantitative estimate of drug-likeness (QED) is 0.770. The number of carbonyl (C=O) groups excluding carboxylic acids is 1. The number of hydrogen-bond acceptors (Lipinski definition) is 3. The summed E-state index contributed by atoms with van der Waals surface area (Å²) in [5, 5.41) is 3.29. The fraction of sp³-hybridized carbons (Fsp3) is 0.500. The monoisotopic (exact) mass is 235 g/mol. The Kier molecular flexibility index (Phi) is 5.16. The van der Waals surface area contributed by atoms with Crippen molar-refractivity contribution in [3.8, 4) is 0 Å². The molecule has 0 aliphatic carbocycles. The van der Waals surface area contributed by atoms with E-state index in [0.29, 0.717) is 0 Å². The predicted octanol–water partition coefficient (Wildman–Crippen LogP) is 2.46. The van der Waals surface area contributed by atoms with Gasteiger partial charge in [-0.1, -0.05) is 50.6 Å². The van der Waals surface area contributed by atoms with Crippen molar-refractivity contribution in [3.63, 3.8) is 0 Å². The van der Waals surface area contributed by atoms with Crippen molar-refractivity contribution >= 4 is 5.97 Å². The Morgan fingerprint density at radius 3 is 2.41 bits per heavy atom. The lowest BCUT2D eigenvalue weighted by atomic mass is 9.85. The summed E-state index contributed by atoms with van der Waals surface area (Å²) in [6.45, 7) is 4.79. The SMILES string of the molecule is CCCC(NCC)(C(=O)OC)c1ccccc1. The fourth-order valence-electron chi connectivity index (χ4n) is 2.20. The largest absolute Gasteiger partial charge is 0.467 e. The van der Waals surface area contributed by atoms with E-state index in [1.54, 1.807) is 0 Å². The van der Waals surface area contributed by atoms with Crippen molar-refractivity contribution in [2.24, 2.45) is 0 Å². The topological polar surface area (TPSA) is 38.3 Å². The first-order chi connectivity index (χ1) is 8.21. The maximum atomic E-state index is 12.1. The number of rotatable bonds is 6. The van der Waals surface area contributed by atoms with Crippen LogP contribution in [0.2, 0.25) is 0 Å². The van der Waals surface area contributed by atoms with Crippen LogP contribution >= 0.6 is 0 Å². The average molecular weight is 235 g/mol. The normalized spacial score (nSPS) is 14.1. The van der Waals surface area contributed by atoms with E-state index >= 15 is 0 Å². The zero-order valence-electron chi connectivity index (χ0n) is 10.8. The highest BCUT2D eigenvalue weighted by atomic mass is 16.5. The number of carbonyl (C=O) groups is 1. The number of methoxy groups -OCH3 is 1. The number of esters is 1. The van der Waals surface area contributed by atoms with E-state index < -0.39 is 5.54 Å². The van der Waals surface area contributed by atoms with E-state index in [1.165, 1.54) is 7.11 Å². The van der Waals surface area contributed by atoms with Gasteiger partial charge in [0.2, 0.25) is 0 Å². The van der Waals surface area contributed by atoms with Crippen LogP contribution in [0.5, 0.6) is 0 Å². The first kappa shape index (κ1) is 13.7. The van der Waals surface area contributed by atoms with E-state index in [4.69, 9.17) is 4.74 Å². The van der Waals surface area contributed by atoms with Gasteiger partial charge in [-0.3, -0.25) is 5.32 Å². The lowest BCUT2D eigenvalue weighted by Gasteiger charge is -2.32. The Labute approximate surface area is 103 Å². The van der Waals surface area contributed by atoms with E-state index in [0.717, 1.165) is 24.9 Å². The molecular weight excluding hydrogens is 214 g/mol. The zero-order valence-corrected chi connectivity index (χ0v) is 10.8. The van der Waals surface area contributed by atoms with Gasteiger partial charge in [0, 0.05) is 0 Å². The molecule has 0 aliphatic heterocycles. The number of benzene rings is 1. The molecule has 1 aromatic carbocycles. The molecule has 0 saturated heterocycles. The highest BCUT2D eigenvalue weighted by Gasteiger charge is 2.39. The molecule has 1 atom stereocenters. The van der Waals surface area contributed by atoms with Crippen LogP contribution in [0.1, 0.15) is 32.3 Å². The molecule has 0 aliphatic rings. The molecular formula is C14H21NO2. The van der Waals surface area contributed by atoms with Crippen LogP contribution < -0.4 is 5.32 Å². The van der Waals surface area contributed by atoms with Gasteiger partial charge in [-0.15, -0.1) is 0 Å². The fourth-order valence-corrected chi connectivity index (χ4v) is 2.20. The van der Waals surface area contributed by atoms with Crippen LogP contribution in [-0.4, -0.2) is 19.6 Å². The minimum atomic E-state index is -0.709. The molecule has 94 valence electrons. The number of ether oxygens (including phenoxy) is 1. The molecule has 0 fully saturated rings. The summed E-state index contributed by atoms with van der Waals surface area (Å²) < 4.78 is 4.97. The minimum absolute atomic E-state index is 0.215. The molecule has 1 aromatic rings. The predicted molar refractivity (Wildman–Crippen MR) is 68.7 cm³/mol. The van der Waals surface area contributed by atoms with Crippen molar-refractivity contribution in [2.45, 2.75) is 32.2 Å². The number of nitrogens with one attached hydrogen (secondary N) is 1. The highest BCUT2D eigenvalue weighted by molar-refractivity contribution is 5.82. The van der Waals surface area contributed by atoms with Crippen LogP contribution in [-0.2, 0) is 15.1 Å². The molecule has 1 rings (SSSR count). The first-order valence-electron chi connectivity index (χ1n) is 6.10. The summed E-state index contributed by atoms with van der Waals surface area (Å²) >= 11 is 0. The summed E-state index contributed by atoms with van der Waals surface area (Å²) in [6, 6.07) is 9.77. The third-order valence-corrected chi connectivity index (χ3v) is 2.90. The second-order valence-corrected chi connectivity index (χ2v) is 4.04. The molecule has 0 amide bonds. The Balaban J connectivity index is 3.19. The van der Waals surface area contributed by atoms with Gasteiger partial charge < -0.3 is 4.74 Å². The van der Waals surface area contributed by atoms with Gasteiger partial charge in [-0.2, -0.15) is 0 Å². The second-order valence-electron chi connectivity index (χ2n) is 4.04. The van der Waals surface area contributed by atoms with Gasteiger partial charge in [0.25, 0.3) is 0 Å². The summed E-state index contributed by atoms with van der Waals surface area (Å²) in [5.41, 5.74) is 0.259. The Morgan fingerprint density at radius 2 is 1.94 bits per heavy atom. The van der Waals surface area contributed by atoms with Gasteiger partial charge in [-0.05, 0) is 18.5 Å². The molecule has 3 heteroatoms. The third kappa shape index (κ3) is 2.86. The first-order valence-corrected chi connectivity index (χ1v) is 6.10. The summed E-state index contributed by atoms with van der Waals surface area (Å²) in [5.74, 6) is -0.215.